The van der Waals surface area contributed by atoms with E-state index in [9.17, 15) is 0 Å². The second kappa shape index (κ2) is 22.8. The number of rotatable bonds is 1. The molecule has 0 N–H and O–H groups in total. The molecule has 508 valence electrons. The van der Waals surface area contributed by atoms with Gasteiger partial charge in [0.1, 0.15) is 40.9 Å². The minimum absolute atomic E-state index is 0.567. The molecule has 4 aromatic carbocycles. The summed E-state index contributed by atoms with van der Waals surface area (Å²) in [4.78, 5) is 22.0. The highest BCUT2D eigenvalue weighted by molar-refractivity contribution is 7.25. The molecular weight excluding hydrogens is 1330 g/mol. The summed E-state index contributed by atoms with van der Waals surface area (Å²) in [5.41, 5.74) is 23.2. The van der Waals surface area contributed by atoms with Crippen LogP contribution < -0.4 is 22.8 Å². The van der Waals surface area contributed by atoms with E-state index in [1.165, 1.54) is 51.9 Å². The summed E-state index contributed by atoms with van der Waals surface area (Å²) in [7, 11) is 2.14. The van der Waals surface area contributed by atoms with Crippen molar-refractivity contribution in [1.82, 2.24) is 61.1 Å². The lowest BCUT2D eigenvalue weighted by Gasteiger charge is -2.03. The van der Waals surface area contributed by atoms with Crippen molar-refractivity contribution in [3.63, 3.8) is 0 Å². The van der Waals surface area contributed by atoms with Crippen molar-refractivity contribution >= 4 is 109 Å². The van der Waals surface area contributed by atoms with Gasteiger partial charge in [-0.1, -0.05) is 78.1 Å². The molecule has 0 aliphatic carbocycles. The van der Waals surface area contributed by atoms with Gasteiger partial charge in [0.05, 0.1) is 122 Å². The number of benzene rings is 4. The Labute approximate surface area is 625 Å². The maximum absolute atomic E-state index is 8.33. The highest BCUT2D eigenvalue weighted by Gasteiger charge is 2.40. The Balaban J connectivity index is 0.0000000894. The van der Waals surface area contributed by atoms with Crippen LogP contribution in [0.2, 0.25) is 0 Å². The Morgan fingerprint density at radius 2 is 0.896 bits per heavy atom. The minimum Gasteiger partial charge on any atom is -0.419 e. The fourth-order valence-corrected chi connectivity index (χ4v) is 18.2. The van der Waals surface area contributed by atoms with E-state index in [2.05, 4.69) is 112 Å². The van der Waals surface area contributed by atoms with Gasteiger partial charge in [-0.3, -0.25) is 29.5 Å². The predicted molar refractivity (Wildman–Crippen MR) is 411 cm³/mol. The third-order valence-corrected chi connectivity index (χ3v) is 22.7. The van der Waals surface area contributed by atoms with Crippen molar-refractivity contribution in [3.8, 4) is 62.6 Å². The molecule has 0 saturated heterocycles. The number of hydrogen-bond acceptors (Lipinski definition) is 7. The first kappa shape index (κ1) is 49.2. The van der Waals surface area contributed by atoms with E-state index in [0.717, 1.165) is 127 Å². The lowest BCUT2D eigenvalue weighted by molar-refractivity contribution is -0.652. The molecule has 17 aromatic heterocycles. The number of aromatic nitrogens is 18. The van der Waals surface area contributed by atoms with Crippen LogP contribution in [0.15, 0.2) is 261 Å². The van der Waals surface area contributed by atoms with Crippen molar-refractivity contribution in [2.75, 3.05) is 0 Å². The van der Waals surface area contributed by atoms with Crippen LogP contribution in [0.3, 0.4) is 0 Å². The number of furan rings is 1. The quantitative estimate of drug-likeness (QED) is 0.150. The van der Waals surface area contributed by atoms with E-state index in [-0.39, 0.29) is 0 Å². The van der Waals surface area contributed by atoms with Gasteiger partial charge in [-0.2, -0.15) is 4.57 Å². The molecule has 26 rings (SSSR count). The second-order valence-corrected chi connectivity index (χ2v) is 28.2. The number of pyridine rings is 7. The molecule has 0 radical (unpaired) electrons. The summed E-state index contributed by atoms with van der Waals surface area (Å²) >= 11 is 1.65. The molecule has 0 amide bonds. The molecule has 5 aliphatic rings. The van der Waals surface area contributed by atoms with Crippen LogP contribution in [0.5, 0.6) is 0 Å². The van der Waals surface area contributed by atoms with E-state index >= 15 is 0 Å². The highest BCUT2D eigenvalue weighted by atomic mass is 32.1. The summed E-state index contributed by atoms with van der Waals surface area (Å²) in [6, 6.07) is 59.7. The van der Waals surface area contributed by atoms with E-state index < -0.39 is 27.9 Å². The molecule has 5 aliphatic heterocycles. The maximum Gasteiger partial charge on any atom is 0.339 e. The molecule has 19 nitrogen and oxygen atoms in total. The molecule has 22 heterocycles. The SMILES string of the molecule is C[n+]1c2n(c3cc4ccccn4c31)Cc1cnccc1-2.[2H]C([2H])([2H])[n+]1c2n(c3cc4ccccn4c31)Cc1cnccc1-2.[2H]C([2H])([2H])n1c2[n+](c3c1c1ccccc1n3-c1ccccc1)Cc1cnccc1-2.[2H]C([2H])([2H])n1c2[n+](c3oc4ccccc4c31)Cc1cnccc1-2.[2H]C([2H])([2H])n1c2[n+](c3sc4ccccc4c31)Cc1cnccc1-2. The third kappa shape index (κ3) is 8.48. The fraction of sp³-hybridized carbons (Fsp3) is 0.116. The van der Waals surface area contributed by atoms with Crippen molar-refractivity contribution in [2.45, 2.75) is 32.7 Å². The molecule has 106 heavy (non-hydrogen) atoms. The van der Waals surface area contributed by atoms with E-state index in [4.69, 9.17) is 20.9 Å². The molecule has 21 aromatic rings. The van der Waals surface area contributed by atoms with Crippen molar-refractivity contribution in [2.24, 2.45) is 35.0 Å². The van der Waals surface area contributed by atoms with Gasteiger partial charge in [0, 0.05) is 112 Å². The van der Waals surface area contributed by atoms with Crippen LogP contribution in [-0.4, -0.2) is 61.1 Å². The number of aryl methyl sites for hydroxylation is 5. The van der Waals surface area contributed by atoms with Gasteiger partial charge < -0.3 is 4.42 Å². The molecule has 0 saturated carbocycles. The first-order valence-corrected chi connectivity index (χ1v) is 35.6. The topological polar surface area (TPSA) is 135 Å². The van der Waals surface area contributed by atoms with Crippen LogP contribution in [-0.2, 0) is 67.7 Å². The fourth-order valence-electron chi connectivity index (χ4n) is 17.1. The summed E-state index contributed by atoms with van der Waals surface area (Å²) in [5, 5.41) is 2.75. The molecule has 0 bridgehead atoms. The normalized spacial score (nSPS) is 15.1. The van der Waals surface area contributed by atoms with Crippen LogP contribution in [0.25, 0.3) is 161 Å². The van der Waals surface area contributed by atoms with Gasteiger partial charge in [0.2, 0.25) is 27.8 Å². The summed E-state index contributed by atoms with van der Waals surface area (Å²) in [6.45, 7) is -5.70. The number of fused-ring (bicyclic) bond motifs is 35. The molecule has 0 spiro atoms. The standard InChI is InChI=1S/C22H17N4.2C16H13N4.C16H12N3O.C16H12N3S/c1-24-20-18-9-5-6-10-19(18)26(16-7-3-2-4-8-16)22(20)25-14-15-13-23-12-11-17(15)21(24)25;2*1-18-15-13-5-6-17-9-11(13)10-20(15)14-8-12-4-2-3-7-19(12)16(14)18;2*1-18-14-12-4-2-3-5-13(12)20-16(14)19-9-10-8-17-7-6-11(10)15(18)19/h2-13H,14H2,1H3;2*2-9H,10H2,1H3;2*2-8H,9H2,1H3/q5*+1/i2*1D3;;2*1D3. The van der Waals surface area contributed by atoms with Gasteiger partial charge >= 0.3 is 5.71 Å². The Morgan fingerprint density at radius 1 is 0.415 bits per heavy atom. The minimum atomic E-state index is -2.31. The molecular formula is C86H67N18OS+5. The first-order valence-electron chi connectivity index (χ1n) is 40.8. The molecule has 0 fully saturated rings. The molecule has 0 atom stereocenters. The van der Waals surface area contributed by atoms with Gasteiger partial charge in [-0.25, -0.2) is 49.9 Å². The van der Waals surface area contributed by atoms with Crippen molar-refractivity contribution < 1.29 is 43.7 Å². The predicted octanol–water partition coefficient (Wildman–Crippen LogP) is 13.9. The van der Waals surface area contributed by atoms with Crippen molar-refractivity contribution in [3.05, 3.63) is 284 Å². The Kier molecular flexibility index (Phi) is 10.6. The Hall–Kier alpha value is -13.5. The summed E-state index contributed by atoms with van der Waals surface area (Å²) < 4.78 is 130. The highest BCUT2D eigenvalue weighted by Crippen LogP contribution is 2.42. The lowest BCUT2D eigenvalue weighted by atomic mass is 10.2. The van der Waals surface area contributed by atoms with E-state index in [1.54, 1.807) is 42.3 Å². The largest absolute Gasteiger partial charge is 0.419 e. The lowest BCUT2D eigenvalue weighted by Crippen LogP contribution is -2.33. The average molecular weight is 1410 g/mol. The zero-order valence-electron chi connectivity index (χ0n) is 68.7. The molecule has 20 heteroatoms. The first-order chi connectivity index (χ1) is 57.1. The zero-order valence-corrected chi connectivity index (χ0v) is 57.5. The summed E-state index contributed by atoms with van der Waals surface area (Å²) in [5.74, 6) is 4.12. The number of thiophene rings is 1. The van der Waals surface area contributed by atoms with Crippen LogP contribution in [0.4, 0.5) is 0 Å². The smallest absolute Gasteiger partial charge is 0.339 e. The van der Waals surface area contributed by atoms with Gasteiger partial charge in [-0.15, -0.1) is 0 Å². The third-order valence-electron chi connectivity index (χ3n) is 21.5. The van der Waals surface area contributed by atoms with E-state index in [0.29, 0.717) is 60.3 Å². The number of imidazole rings is 5. The summed E-state index contributed by atoms with van der Waals surface area (Å²) in [6.07, 6.45) is 22.0. The van der Waals surface area contributed by atoms with Crippen LogP contribution in [0.1, 0.15) is 44.3 Å². The number of para-hydroxylation sites is 3. The average Bonchev–Trinajstić information content (AvgIpc) is 1.54. The van der Waals surface area contributed by atoms with Crippen molar-refractivity contribution in [1.29, 1.82) is 0 Å². The number of nitrogens with zero attached hydrogens (tertiary/aromatic N) is 18. The van der Waals surface area contributed by atoms with Gasteiger partial charge in [0.25, 0.3) is 28.6 Å². The Morgan fingerprint density at radius 3 is 1.52 bits per heavy atom. The van der Waals surface area contributed by atoms with Crippen LogP contribution >= 0.6 is 11.3 Å². The second-order valence-electron chi connectivity index (χ2n) is 27.2. The van der Waals surface area contributed by atoms with E-state index in [1.807, 2.05) is 186 Å². The van der Waals surface area contributed by atoms with Gasteiger partial charge in [-0.05, 0) is 103 Å². The molecule has 0 unspecified atom stereocenters. The Bertz CT molecular complexity index is 7370. The number of hydrogen-bond donors (Lipinski definition) is 0. The maximum atomic E-state index is 8.33. The zero-order chi connectivity index (χ0) is 80.3. The van der Waals surface area contributed by atoms with Crippen LogP contribution in [0, 0.1) is 0 Å². The van der Waals surface area contributed by atoms with Gasteiger partial charge in [0.15, 0.2) is 22.1 Å². The monoisotopic (exact) mass is 1410 g/mol.